The van der Waals surface area contributed by atoms with E-state index in [0.717, 1.165) is 4.88 Å². The number of nitrogens with one attached hydrogen (secondary N) is 1. The number of hydrazine groups is 1. The molecule has 0 atom stereocenters. The number of halogens is 2. The molecule has 0 spiro atoms. The second-order valence-corrected chi connectivity index (χ2v) is 5.59. The number of ether oxygens (including phenoxy) is 1. The number of carbonyl (C=O) groups excluding carboxylic acids is 1. The largest absolute Gasteiger partial charge is 0.488 e. The zero-order chi connectivity index (χ0) is 13.8. The molecule has 19 heavy (non-hydrogen) atoms. The van der Waals surface area contributed by atoms with E-state index >= 15 is 0 Å². The van der Waals surface area contributed by atoms with Crippen molar-refractivity contribution in [3.8, 4) is 5.75 Å². The molecule has 1 heterocycles. The third-order valence-corrected chi connectivity index (χ3v) is 4.09. The van der Waals surface area contributed by atoms with Crippen LogP contribution in [0.15, 0.2) is 30.3 Å². The lowest BCUT2D eigenvalue weighted by Gasteiger charge is -2.05. The molecule has 100 valence electrons. The Hall–Kier alpha value is -1.27. The van der Waals surface area contributed by atoms with Crippen LogP contribution in [0.3, 0.4) is 0 Å². The molecule has 3 N–H and O–H groups in total. The Morgan fingerprint density at radius 1 is 1.26 bits per heavy atom. The van der Waals surface area contributed by atoms with Gasteiger partial charge in [-0.15, -0.1) is 11.3 Å². The zero-order valence-corrected chi connectivity index (χ0v) is 12.0. The van der Waals surface area contributed by atoms with Gasteiger partial charge in [0.2, 0.25) is 0 Å². The van der Waals surface area contributed by atoms with Crippen LogP contribution in [0.5, 0.6) is 5.75 Å². The highest BCUT2D eigenvalue weighted by molar-refractivity contribution is 7.14. The van der Waals surface area contributed by atoms with Gasteiger partial charge in [-0.1, -0.05) is 23.2 Å². The maximum Gasteiger partial charge on any atom is 0.275 e. The molecule has 0 fully saturated rings. The van der Waals surface area contributed by atoms with Gasteiger partial charge in [0.1, 0.15) is 12.4 Å². The van der Waals surface area contributed by atoms with Gasteiger partial charge in [0.05, 0.1) is 14.9 Å². The van der Waals surface area contributed by atoms with Gasteiger partial charge in [0.25, 0.3) is 5.91 Å². The predicted molar refractivity (Wildman–Crippen MR) is 76.8 cm³/mol. The van der Waals surface area contributed by atoms with E-state index in [-0.39, 0.29) is 5.91 Å². The lowest BCUT2D eigenvalue weighted by Crippen LogP contribution is -2.29. The fourth-order valence-electron chi connectivity index (χ4n) is 1.37. The Bertz CT molecular complexity index is 601. The summed E-state index contributed by atoms with van der Waals surface area (Å²) < 4.78 is 5.56. The van der Waals surface area contributed by atoms with E-state index < -0.39 is 0 Å². The normalized spacial score (nSPS) is 10.3. The van der Waals surface area contributed by atoms with Crippen LogP contribution in [0.1, 0.15) is 14.5 Å². The summed E-state index contributed by atoms with van der Waals surface area (Å²) in [6.07, 6.45) is 0. The molecule has 1 aromatic carbocycles. The molecule has 0 bridgehead atoms. The average molecular weight is 317 g/mol. The van der Waals surface area contributed by atoms with Crippen molar-refractivity contribution in [2.75, 3.05) is 0 Å². The summed E-state index contributed by atoms with van der Waals surface area (Å²) in [5, 5.41) is 0.917. The summed E-state index contributed by atoms with van der Waals surface area (Å²) >= 11 is 13.0. The number of rotatable bonds is 4. The first-order chi connectivity index (χ1) is 9.10. The van der Waals surface area contributed by atoms with Gasteiger partial charge in [-0.05, 0) is 24.3 Å². The number of amides is 1. The molecule has 0 aliphatic carbocycles. The highest BCUT2D eigenvalue weighted by Crippen LogP contribution is 2.27. The zero-order valence-electron chi connectivity index (χ0n) is 9.65. The molecular formula is C12H10Cl2N2O2S. The highest BCUT2D eigenvalue weighted by Gasteiger charge is 2.08. The van der Waals surface area contributed by atoms with Crippen LogP contribution in [0.25, 0.3) is 0 Å². The Kier molecular flexibility index (Phi) is 4.66. The van der Waals surface area contributed by atoms with Crippen molar-refractivity contribution < 1.29 is 9.53 Å². The van der Waals surface area contributed by atoms with Gasteiger partial charge < -0.3 is 4.74 Å². The van der Waals surface area contributed by atoms with Crippen LogP contribution in [0, 0.1) is 0 Å². The first-order valence-corrected chi connectivity index (χ1v) is 6.85. The van der Waals surface area contributed by atoms with Crippen LogP contribution in [0.4, 0.5) is 0 Å². The van der Waals surface area contributed by atoms with Crippen molar-refractivity contribution in [1.82, 2.24) is 5.43 Å². The van der Waals surface area contributed by atoms with Gasteiger partial charge in [-0.2, -0.15) is 0 Å². The van der Waals surface area contributed by atoms with Crippen LogP contribution in [-0.2, 0) is 6.61 Å². The van der Waals surface area contributed by atoms with Crippen molar-refractivity contribution >= 4 is 40.4 Å². The molecule has 1 aromatic heterocycles. The number of hydrogen-bond acceptors (Lipinski definition) is 4. The maximum absolute atomic E-state index is 11.3. The van der Waals surface area contributed by atoms with Crippen molar-refractivity contribution in [3.05, 3.63) is 50.1 Å². The van der Waals surface area contributed by atoms with E-state index in [2.05, 4.69) is 5.43 Å². The van der Waals surface area contributed by atoms with Gasteiger partial charge in [-0.25, -0.2) is 5.84 Å². The van der Waals surface area contributed by atoms with Gasteiger partial charge in [0, 0.05) is 10.9 Å². The van der Waals surface area contributed by atoms with Crippen molar-refractivity contribution in [3.63, 3.8) is 0 Å². The second-order valence-electron chi connectivity index (χ2n) is 3.60. The monoisotopic (exact) mass is 316 g/mol. The molecule has 2 aromatic rings. The summed E-state index contributed by atoms with van der Waals surface area (Å²) in [6.45, 7) is 0.348. The van der Waals surface area contributed by atoms with Crippen molar-refractivity contribution in [1.29, 1.82) is 0 Å². The molecule has 4 nitrogen and oxygen atoms in total. The number of benzene rings is 1. The van der Waals surface area contributed by atoms with Crippen molar-refractivity contribution in [2.24, 2.45) is 5.84 Å². The molecule has 0 aliphatic rings. The van der Waals surface area contributed by atoms with E-state index in [1.54, 1.807) is 24.3 Å². The smallest absolute Gasteiger partial charge is 0.275 e. The minimum absolute atomic E-state index is 0.314. The van der Waals surface area contributed by atoms with Crippen molar-refractivity contribution in [2.45, 2.75) is 6.61 Å². The first-order valence-electron chi connectivity index (χ1n) is 5.27. The SMILES string of the molecule is NNC(=O)c1ccc(COc2ccc(Cl)c(Cl)c2)s1. The lowest BCUT2D eigenvalue weighted by atomic mass is 10.3. The van der Waals surface area contributed by atoms with Gasteiger partial charge in [-0.3, -0.25) is 10.2 Å². The Morgan fingerprint density at radius 2 is 2.05 bits per heavy atom. The van der Waals surface area contributed by atoms with Crippen LogP contribution >= 0.6 is 34.5 Å². The van der Waals surface area contributed by atoms with Gasteiger partial charge >= 0.3 is 0 Å². The molecule has 1 amide bonds. The van der Waals surface area contributed by atoms with E-state index in [4.69, 9.17) is 33.8 Å². The van der Waals surface area contributed by atoms with Crippen LogP contribution in [0.2, 0.25) is 10.0 Å². The Morgan fingerprint density at radius 3 is 2.74 bits per heavy atom. The molecule has 0 saturated heterocycles. The number of nitrogen functional groups attached to an aromatic ring is 1. The summed E-state index contributed by atoms with van der Waals surface area (Å²) in [6, 6.07) is 8.55. The Balaban J connectivity index is 2.00. The average Bonchev–Trinajstić information content (AvgIpc) is 2.88. The number of nitrogens with two attached hydrogens (primary N) is 1. The highest BCUT2D eigenvalue weighted by atomic mass is 35.5. The molecule has 0 radical (unpaired) electrons. The standard InChI is InChI=1S/C12H10Cl2N2O2S/c13-9-3-1-7(5-10(9)14)18-6-8-2-4-11(19-8)12(17)16-15/h1-5H,6,15H2,(H,16,17). The molecule has 7 heteroatoms. The molecule has 0 unspecified atom stereocenters. The summed E-state index contributed by atoms with van der Waals surface area (Å²) in [5.41, 5.74) is 2.08. The Labute approximate surface area is 124 Å². The van der Waals surface area contributed by atoms with E-state index in [9.17, 15) is 4.79 Å². The molecule has 0 aliphatic heterocycles. The second kappa shape index (κ2) is 6.25. The quantitative estimate of drug-likeness (QED) is 0.517. The topological polar surface area (TPSA) is 64.3 Å². The predicted octanol–water partition coefficient (Wildman–Crippen LogP) is 3.24. The van der Waals surface area contributed by atoms with E-state index in [1.807, 2.05) is 6.07 Å². The third-order valence-electron chi connectivity index (χ3n) is 2.29. The minimum Gasteiger partial charge on any atom is -0.488 e. The fourth-order valence-corrected chi connectivity index (χ4v) is 2.48. The lowest BCUT2D eigenvalue weighted by molar-refractivity contribution is 0.0957. The van der Waals surface area contributed by atoms with E-state index in [0.29, 0.717) is 27.3 Å². The molecule has 2 rings (SSSR count). The molecular weight excluding hydrogens is 307 g/mol. The minimum atomic E-state index is -0.314. The fraction of sp³-hybridized carbons (Fsp3) is 0.0833. The van der Waals surface area contributed by atoms with Crippen LogP contribution in [-0.4, -0.2) is 5.91 Å². The first kappa shape index (κ1) is 14.1. The molecule has 0 saturated carbocycles. The third kappa shape index (κ3) is 3.61. The maximum atomic E-state index is 11.3. The summed E-state index contributed by atoms with van der Waals surface area (Å²) in [7, 11) is 0. The number of carbonyl (C=O) groups is 1. The van der Waals surface area contributed by atoms with Gasteiger partial charge in [0.15, 0.2) is 0 Å². The summed E-state index contributed by atoms with van der Waals surface area (Å²) in [5.74, 6) is 5.36. The van der Waals surface area contributed by atoms with E-state index in [1.165, 1.54) is 11.3 Å². The van der Waals surface area contributed by atoms with Crippen LogP contribution < -0.4 is 16.0 Å². The number of hydrogen-bond donors (Lipinski definition) is 2. The number of thiophene rings is 1. The summed E-state index contributed by atoms with van der Waals surface area (Å²) in [4.78, 5) is 12.7.